The van der Waals surface area contributed by atoms with Gasteiger partial charge in [-0.15, -0.1) is 0 Å². The summed E-state index contributed by atoms with van der Waals surface area (Å²) in [7, 11) is 0. The van der Waals surface area contributed by atoms with Crippen LogP contribution in [-0.2, 0) is 9.53 Å². The Hall–Kier alpha value is -1.39. The lowest BCUT2D eigenvalue weighted by molar-refractivity contribution is -0.129. The minimum absolute atomic E-state index is 0.00329. The van der Waals surface area contributed by atoms with Gasteiger partial charge >= 0.3 is 0 Å². The molecule has 1 aliphatic rings. The Morgan fingerprint density at radius 3 is 2.82 bits per heavy atom. The molecular weight excluding hydrogens is 218 g/mol. The van der Waals surface area contributed by atoms with Crippen molar-refractivity contribution in [2.75, 3.05) is 24.7 Å². The second kappa shape index (κ2) is 5.80. The van der Waals surface area contributed by atoms with E-state index in [0.717, 1.165) is 12.1 Å². The summed E-state index contributed by atoms with van der Waals surface area (Å²) >= 11 is 0. The van der Waals surface area contributed by atoms with E-state index in [9.17, 15) is 4.79 Å². The average Bonchev–Trinajstić information content (AvgIpc) is 2.39. The van der Waals surface area contributed by atoms with Crippen LogP contribution in [0.1, 0.15) is 12.8 Å². The monoisotopic (exact) mass is 235 g/mol. The molecule has 0 saturated carbocycles. The molecule has 1 fully saturated rings. The minimum atomic E-state index is -0.00329. The molecule has 0 aromatic heterocycles. The second-order valence-corrected chi connectivity index (χ2v) is 4.14. The van der Waals surface area contributed by atoms with Gasteiger partial charge in [-0.05, 0) is 25.0 Å². The third-order valence-corrected chi connectivity index (χ3v) is 2.88. The lowest BCUT2D eigenvalue weighted by Gasteiger charge is -2.32. The van der Waals surface area contributed by atoms with E-state index in [4.69, 9.17) is 9.84 Å². The molecule has 1 atom stereocenters. The molecule has 92 valence electrons. The molecule has 0 aliphatic carbocycles. The summed E-state index contributed by atoms with van der Waals surface area (Å²) in [6, 6.07) is 9.61. The van der Waals surface area contributed by atoms with E-state index in [1.54, 1.807) is 4.90 Å². The number of anilines is 1. The van der Waals surface area contributed by atoms with Gasteiger partial charge in [0.15, 0.2) is 0 Å². The van der Waals surface area contributed by atoms with Gasteiger partial charge in [0, 0.05) is 12.3 Å². The van der Waals surface area contributed by atoms with Gasteiger partial charge in [0.2, 0.25) is 0 Å². The number of amides is 1. The molecule has 1 saturated heterocycles. The number of para-hydroxylation sites is 1. The Morgan fingerprint density at radius 2 is 2.12 bits per heavy atom. The molecule has 1 aromatic carbocycles. The number of aliphatic hydroxyl groups is 1. The molecule has 1 amide bonds. The first-order valence-electron chi connectivity index (χ1n) is 5.89. The van der Waals surface area contributed by atoms with Crippen LogP contribution < -0.4 is 4.90 Å². The van der Waals surface area contributed by atoms with Gasteiger partial charge in [0.25, 0.3) is 5.91 Å². The fraction of sp³-hybridized carbons (Fsp3) is 0.462. The zero-order valence-corrected chi connectivity index (χ0v) is 9.71. The SMILES string of the molecule is O=C1COC(CCCO)CN1c1ccccc1. The maximum Gasteiger partial charge on any atom is 0.253 e. The van der Waals surface area contributed by atoms with Crippen LogP contribution in [0, 0.1) is 0 Å². The van der Waals surface area contributed by atoms with Crippen molar-refractivity contribution in [2.24, 2.45) is 0 Å². The average molecular weight is 235 g/mol. The molecule has 0 bridgehead atoms. The number of carbonyl (C=O) groups is 1. The van der Waals surface area contributed by atoms with Crippen LogP contribution in [0.15, 0.2) is 30.3 Å². The van der Waals surface area contributed by atoms with Gasteiger partial charge in [0.05, 0.1) is 12.6 Å². The third-order valence-electron chi connectivity index (χ3n) is 2.88. The van der Waals surface area contributed by atoms with Gasteiger partial charge < -0.3 is 14.7 Å². The van der Waals surface area contributed by atoms with E-state index in [1.807, 2.05) is 30.3 Å². The van der Waals surface area contributed by atoms with Gasteiger partial charge in [-0.3, -0.25) is 4.79 Å². The summed E-state index contributed by atoms with van der Waals surface area (Å²) in [5, 5.41) is 8.80. The molecule has 4 nitrogen and oxygen atoms in total. The van der Waals surface area contributed by atoms with E-state index in [0.29, 0.717) is 13.0 Å². The second-order valence-electron chi connectivity index (χ2n) is 4.14. The van der Waals surface area contributed by atoms with Crippen molar-refractivity contribution in [3.63, 3.8) is 0 Å². The van der Waals surface area contributed by atoms with Crippen LogP contribution in [0.5, 0.6) is 0 Å². The Labute approximate surface area is 101 Å². The van der Waals surface area contributed by atoms with Crippen molar-refractivity contribution in [1.82, 2.24) is 0 Å². The lowest BCUT2D eigenvalue weighted by atomic mass is 10.1. The predicted octanol–water partition coefficient (Wildman–Crippen LogP) is 1.19. The molecular formula is C13H17NO3. The Bertz CT molecular complexity index is 366. The zero-order chi connectivity index (χ0) is 12.1. The summed E-state index contributed by atoms with van der Waals surface area (Å²) in [6.45, 7) is 0.868. The quantitative estimate of drug-likeness (QED) is 0.853. The maximum atomic E-state index is 11.8. The van der Waals surface area contributed by atoms with Crippen LogP contribution >= 0.6 is 0 Å². The summed E-state index contributed by atoms with van der Waals surface area (Å²) in [5.41, 5.74) is 0.912. The topological polar surface area (TPSA) is 49.8 Å². The Kier molecular flexibility index (Phi) is 4.12. The van der Waals surface area contributed by atoms with Crippen LogP contribution in [0.25, 0.3) is 0 Å². The fourth-order valence-corrected chi connectivity index (χ4v) is 1.98. The summed E-state index contributed by atoms with van der Waals surface area (Å²) < 4.78 is 5.44. The highest BCUT2D eigenvalue weighted by molar-refractivity contribution is 5.94. The van der Waals surface area contributed by atoms with Crippen LogP contribution in [0.4, 0.5) is 5.69 Å². The van der Waals surface area contributed by atoms with Crippen molar-refractivity contribution in [3.05, 3.63) is 30.3 Å². The van der Waals surface area contributed by atoms with Crippen molar-refractivity contribution in [3.8, 4) is 0 Å². The summed E-state index contributed by atoms with van der Waals surface area (Å²) in [5.74, 6) is -0.00329. The molecule has 17 heavy (non-hydrogen) atoms. The molecule has 4 heteroatoms. The zero-order valence-electron chi connectivity index (χ0n) is 9.71. The predicted molar refractivity (Wildman–Crippen MR) is 64.9 cm³/mol. The van der Waals surface area contributed by atoms with E-state index in [-0.39, 0.29) is 25.2 Å². The molecule has 0 radical (unpaired) electrons. The van der Waals surface area contributed by atoms with E-state index in [1.165, 1.54) is 0 Å². The summed E-state index contributed by atoms with van der Waals surface area (Å²) in [6.07, 6.45) is 1.52. The van der Waals surface area contributed by atoms with Crippen LogP contribution in [0.2, 0.25) is 0 Å². The maximum absolute atomic E-state index is 11.8. The van der Waals surface area contributed by atoms with Gasteiger partial charge in [0.1, 0.15) is 6.61 Å². The Balaban J connectivity index is 2.02. The number of rotatable bonds is 4. The minimum Gasteiger partial charge on any atom is -0.396 e. The van der Waals surface area contributed by atoms with Crippen molar-refractivity contribution in [2.45, 2.75) is 18.9 Å². The molecule has 2 rings (SSSR count). The third kappa shape index (κ3) is 3.05. The van der Waals surface area contributed by atoms with Gasteiger partial charge in [-0.2, -0.15) is 0 Å². The number of ether oxygens (including phenoxy) is 1. The van der Waals surface area contributed by atoms with Crippen molar-refractivity contribution >= 4 is 11.6 Å². The van der Waals surface area contributed by atoms with E-state index in [2.05, 4.69) is 0 Å². The largest absolute Gasteiger partial charge is 0.396 e. The molecule has 1 unspecified atom stereocenters. The van der Waals surface area contributed by atoms with E-state index < -0.39 is 0 Å². The normalized spacial score (nSPS) is 20.6. The first-order chi connectivity index (χ1) is 8.31. The van der Waals surface area contributed by atoms with Crippen molar-refractivity contribution < 1.29 is 14.6 Å². The van der Waals surface area contributed by atoms with Gasteiger partial charge in [-0.25, -0.2) is 0 Å². The Morgan fingerprint density at radius 1 is 1.35 bits per heavy atom. The van der Waals surface area contributed by atoms with Crippen LogP contribution in [0.3, 0.4) is 0 Å². The summed E-state index contributed by atoms with van der Waals surface area (Å²) in [4.78, 5) is 13.5. The first-order valence-corrected chi connectivity index (χ1v) is 5.89. The smallest absolute Gasteiger partial charge is 0.253 e. The van der Waals surface area contributed by atoms with Gasteiger partial charge in [-0.1, -0.05) is 18.2 Å². The number of carbonyl (C=O) groups excluding carboxylic acids is 1. The molecule has 1 aliphatic heterocycles. The highest BCUT2D eigenvalue weighted by atomic mass is 16.5. The number of morpholine rings is 1. The fourth-order valence-electron chi connectivity index (χ4n) is 1.98. The highest BCUT2D eigenvalue weighted by Crippen LogP contribution is 2.19. The highest BCUT2D eigenvalue weighted by Gasteiger charge is 2.26. The van der Waals surface area contributed by atoms with E-state index >= 15 is 0 Å². The number of hydrogen-bond acceptors (Lipinski definition) is 3. The number of aliphatic hydroxyl groups excluding tert-OH is 1. The molecule has 0 spiro atoms. The van der Waals surface area contributed by atoms with Crippen LogP contribution in [-0.4, -0.2) is 36.9 Å². The lowest BCUT2D eigenvalue weighted by Crippen LogP contribution is -2.46. The molecule has 1 N–H and O–H groups in total. The molecule has 1 heterocycles. The first kappa shape index (κ1) is 12.1. The number of nitrogens with zero attached hydrogens (tertiary/aromatic N) is 1. The number of hydrogen-bond donors (Lipinski definition) is 1. The van der Waals surface area contributed by atoms with Crippen molar-refractivity contribution in [1.29, 1.82) is 0 Å². The number of benzene rings is 1. The standard InChI is InChI=1S/C13H17NO3/c15-8-4-7-12-9-14(13(16)10-17-12)11-5-2-1-3-6-11/h1-3,5-6,12,15H,4,7-10H2. The molecule has 1 aromatic rings.